The molecule has 4 heteroatoms. The number of imidazole rings is 1. The van der Waals surface area contributed by atoms with Gasteiger partial charge in [0.05, 0.1) is 17.4 Å². The quantitative estimate of drug-likeness (QED) is 0.751. The van der Waals surface area contributed by atoms with Crippen molar-refractivity contribution in [2.45, 2.75) is 44.6 Å². The van der Waals surface area contributed by atoms with Crippen LogP contribution >= 0.6 is 0 Å². The van der Waals surface area contributed by atoms with Crippen LogP contribution in [0, 0.1) is 0 Å². The fourth-order valence-electron chi connectivity index (χ4n) is 3.77. The Bertz CT molecular complexity index is 860. The van der Waals surface area contributed by atoms with E-state index in [2.05, 4.69) is 22.4 Å². The molecule has 0 bridgehead atoms. The van der Waals surface area contributed by atoms with Crippen LogP contribution in [0.4, 0.5) is 5.69 Å². The Hall–Kier alpha value is -2.62. The molecular weight excluding hydrogens is 310 g/mol. The summed E-state index contributed by atoms with van der Waals surface area (Å²) in [5.41, 5.74) is 4.14. The van der Waals surface area contributed by atoms with Crippen LogP contribution < -0.4 is 5.32 Å². The van der Waals surface area contributed by atoms with Gasteiger partial charge in [-0.3, -0.25) is 4.79 Å². The summed E-state index contributed by atoms with van der Waals surface area (Å²) in [6.45, 7) is 0.269. The minimum atomic E-state index is -0.0337. The first-order chi connectivity index (χ1) is 12.3. The lowest BCUT2D eigenvalue weighted by Gasteiger charge is -2.22. The summed E-state index contributed by atoms with van der Waals surface area (Å²) in [6.07, 6.45) is 8.34. The lowest BCUT2D eigenvalue weighted by Crippen LogP contribution is -2.18. The molecule has 128 valence electrons. The van der Waals surface area contributed by atoms with Gasteiger partial charge in [-0.05, 0) is 48.6 Å². The molecule has 2 aromatic carbocycles. The van der Waals surface area contributed by atoms with E-state index in [1.807, 2.05) is 41.0 Å². The van der Waals surface area contributed by atoms with Crippen molar-refractivity contribution >= 4 is 22.6 Å². The van der Waals surface area contributed by atoms with E-state index in [1.54, 1.807) is 6.33 Å². The monoisotopic (exact) mass is 333 g/mol. The number of nitrogens with one attached hydrogen (secondary N) is 1. The number of anilines is 1. The van der Waals surface area contributed by atoms with Crippen LogP contribution in [-0.2, 0) is 11.3 Å². The number of fused-ring (bicyclic) bond motifs is 1. The second-order valence-electron chi connectivity index (χ2n) is 6.87. The van der Waals surface area contributed by atoms with Gasteiger partial charge in [-0.15, -0.1) is 0 Å². The summed E-state index contributed by atoms with van der Waals surface area (Å²) in [7, 11) is 0. The summed E-state index contributed by atoms with van der Waals surface area (Å²) in [5, 5.41) is 2.99. The molecule has 1 N–H and O–H groups in total. The van der Waals surface area contributed by atoms with Crippen LogP contribution in [-0.4, -0.2) is 15.5 Å². The van der Waals surface area contributed by atoms with Gasteiger partial charge in [0.2, 0.25) is 5.91 Å². The predicted octanol–water partition coefficient (Wildman–Crippen LogP) is 4.72. The number of hydrogen-bond donors (Lipinski definition) is 1. The normalized spacial score (nSPS) is 15.4. The molecular formula is C21H23N3O. The third-order valence-corrected chi connectivity index (χ3v) is 5.11. The molecule has 0 unspecified atom stereocenters. The van der Waals surface area contributed by atoms with Crippen molar-refractivity contribution < 1.29 is 4.79 Å². The Morgan fingerprint density at radius 2 is 1.80 bits per heavy atom. The summed E-state index contributed by atoms with van der Waals surface area (Å²) in [5.74, 6) is 0.657. The summed E-state index contributed by atoms with van der Waals surface area (Å²) in [6, 6.07) is 16.2. The van der Waals surface area contributed by atoms with E-state index >= 15 is 0 Å². The fourth-order valence-corrected chi connectivity index (χ4v) is 3.77. The predicted molar refractivity (Wildman–Crippen MR) is 101 cm³/mol. The maximum Gasteiger partial charge on any atom is 0.244 e. The van der Waals surface area contributed by atoms with Crippen molar-refractivity contribution in [3.63, 3.8) is 0 Å². The zero-order chi connectivity index (χ0) is 17.1. The molecule has 1 aromatic heterocycles. The van der Waals surface area contributed by atoms with E-state index in [4.69, 9.17) is 0 Å². The highest BCUT2D eigenvalue weighted by Gasteiger charge is 2.15. The molecule has 1 saturated carbocycles. The highest BCUT2D eigenvalue weighted by Crippen LogP contribution is 2.32. The lowest BCUT2D eigenvalue weighted by molar-refractivity contribution is -0.116. The van der Waals surface area contributed by atoms with Crippen molar-refractivity contribution in [3.8, 4) is 0 Å². The lowest BCUT2D eigenvalue weighted by atomic mass is 9.84. The summed E-state index contributed by atoms with van der Waals surface area (Å²) in [4.78, 5) is 16.7. The van der Waals surface area contributed by atoms with Gasteiger partial charge in [0.1, 0.15) is 6.54 Å². The van der Waals surface area contributed by atoms with Gasteiger partial charge in [0.15, 0.2) is 0 Å². The van der Waals surface area contributed by atoms with E-state index in [-0.39, 0.29) is 12.5 Å². The molecule has 0 radical (unpaired) electrons. The number of amides is 1. The van der Waals surface area contributed by atoms with Gasteiger partial charge in [-0.1, -0.05) is 43.5 Å². The Balaban J connectivity index is 1.40. The average Bonchev–Trinajstić information content (AvgIpc) is 3.06. The topological polar surface area (TPSA) is 46.9 Å². The highest BCUT2D eigenvalue weighted by molar-refractivity contribution is 5.91. The van der Waals surface area contributed by atoms with Crippen LogP contribution in [0.25, 0.3) is 11.0 Å². The minimum absolute atomic E-state index is 0.0337. The second kappa shape index (κ2) is 7.09. The van der Waals surface area contributed by atoms with Crippen LogP contribution in [0.3, 0.4) is 0 Å². The Morgan fingerprint density at radius 1 is 1.04 bits per heavy atom. The first kappa shape index (κ1) is 15.9. The highest BCUT2D eigenvalue weighted by atomic mass is 16.1. The van der Waals surface area contributed by atoms with Crippen LogP contribution in [0.1, 0.15) is 43.6 Å². The Kier molecular flexibility index (Phi) is 4.51. The average molecular weight is 333 g/mol. The number of benzene rings is 2. The fraction of sp³-hybridized carbons (Fsp3) is 0.333. The molecule has 1 amide bonds. The number of carbonyl (C=O) groups excluding carboxylic acids is 1. The number of rotatable bonds is 4. The zero-order valence-corrected chi connectivity index (χ0v) is 14.3. The van der Waals surface area contributed by atoms with E-state index in [0.717, 1.165) is 16.7 Å². The van der Waals surface area contributed by atoms with E-state index in [1.165, 1.54) is 37.7 Å². The molecule has 1 aliphatic rings. The SMILES string of the molecule is O=C(Cn1cnc2ccccc21)Nc1ccc(C2CCCCC2)cc1. The van der Waals surface area contributed by atoms with Gasteiger partial charge in [-0.25, -0.2) is 4.98 Å². The zero-order valence-electron chi connectivity index (χ0n) is 14.3. The third kappa shape index (κ3) is 3.58. The summed E-state index contributed by atoms with van der Waals surface area (Å²) >= 11 is 0. The smallest absolute Gasteiger partial charge is 0.244 e. The van der Waals surface area contributed by atoms with Gasteiger partial charge in [-0.2, -0.15) is 0 Å². The molecule has 1 aliphatic carbocycles. The maximum absolute atomic E-state index is 12.4. The number of aromatic nitrogens is 2. The molecule has 1 fully saturated rings. The Morgan fingerprint density at radius 3 is 2.60 bits per heavy atom. The van der Waals surface area contributed by atoms with E-state index in [0.29, 0.717) is 5.92 Å². The minimum Gasteiger partial charge on any atom is -0.325 e. The van der Waals surface area contributed by atoms with Crippen LogP contribution in [0.2, 0.25) is 0 Å². The van der Waals surface area contributed by atoms with E-state index < -0.39 is 0 Å². The van der Waals surface area contributed by atoms with Crippen molar-refractivity contribution in [2.24, 2.45) is 0 Å². The largest absolute Gasteiger partial charge is 0.325 e. The van der Waals surface area contributed by atoms with Crippen LogP contribution in [0.5, 0.6) is 0 Å². The first-order valence-corrected chi connectivity index (χ1v) is 9.09. The molecule has 25 heavy (non-hydrogen) atoms. The number of para-hydroxylation sites is 2. The summed E-state index contributed by atoms with van der Waals surface area (Å²) < 4.78 is 1.88. The molecule has 0 atom stereocenters. The third-order valence-electron chi connectivity index (χ3n) is 5.11. The van der Waals surface area contributed by atoms with Crippen LogP contribution in [0.15, 0.2) is 54.9 Å². The standard InChI is InChI=1S/C21H23N3O/c25-21(14-24-15-22-19-8-4-5-9-20(19)24)23-18-12-10-17(11-13-18)16-6-2-1-3-7-16/h4-5,8-13,15-16H,1-3,6-7,14H2,(H,23,25). The van der Waals surface area contributed by atoms with Gasteiger partial charge < -0.3 is 9.88 Å². The number of hydrogen-bond acceptors (Lipinski definition) is 2. The molecule has 1 heterocycles. The maximum atomic E-state index is 12.4. The van der Waals surface area contributed by atoms with Crippen molar-refractivity contribution in [1.82, 2.24) is 9.55 Å². The van der Waals surface area contributed by atoms with Crippen molar-refractivity contribution in [3.05, 3.63) is 60.4 Å². The molecule has 4 rings (SSSR count). The molecule has 4 nitrogen and oxygen atoms in total. The van der Waals surface area contributed by atoms with Gasteiger partial charge in [0, 0.05) is 5.69 Å². The first-order valence-electron chi connectivity index (χ1n) is 9.09. The molecule has 0 spiro atoms. The van der Waals surface area contributed by atoms with E-state index in [9.17, 15) is 4.79 Å². The van der Waals surface area contributed by atoms with Gasteiger partial charge in [0.25, 0.3) is 0 Å². The van der Waals surface area contributed by atoms with Crippen molar-refractivity contribution in [1.29, 1.82) is 0 Å². The second-order valence-corrected chi connectivity index (χ2v) is 6.87. The molecule has 3 aromatic rings. The number of carbonyl (C=O) groups is 1. The number of nitrogens with zero attached hydrogens (tertiary/aromatic N) is 2. The van der Waals surface area contributed by atoms with Crippen molar-refractivity contribution in [2.75, 3.05) is 5.32 Å². The molecule has 0 aliphatic heterocycles. The Labute approximate surface area is 147 Å². The molecule has 0 saturated heterocycles. The van der Waals surface area contributed by atoms with Gasteiger partial charge >= 0.3 is 0 Å².